The highest BCUT2D eigenvalue weighted by molar-refractivity contribution is 7.99. The number of rotatable bonds is 3. The number of aromatic nitrogens is 2. The molecule has 2 aliphatic heterocycles. The number of hydrogen-bond acceptors (Lipinski definition) is 6. The maximum Gasteiger partial charge on any atom is 0.297 e. The molecule has 2 aliphatic rings. The number of nitrogens with one attached hydrogen (secondary N) is 1. The van der Waals surface area contributed by atoms with Crippen LogP contribution in [0.3, 0.4) is 0 Å². The van der Waals surface area contributed by atoms with Crippen molar-refractivity contribution in [3.63, 3.8) is 0 Å². The van der Waals surface area contributed by atoms with E-state index in [1.807, 2.05) is 0 Å². The first-order valence-electron chi connectivity index (χ1n) is 7.76. The smallest absolute Gasteiger partial charge is 0.297 e. The van der Waals surface area contributed by atoms with Gasteiger partial charge in [0.25, 0.3) is 11.5 Å². The van der Waals surface area contributed by atoms with Crippen LogP contribution in [0, 0.1) is 5.82 Å². The van der Waals surface area contributed by atoms with Crippen LogP contribution in [0.5, 0.6) is 5.75 Å². The fourth-order valence-electron chi connectivity index (χ4n) is 2.98. The largest absolute Gasteiger partial charge is 0.501 e. The van der Waals surface area contributed by atoms with Crippen molar-refractivity contribution in [1.29, 1.82) is 0 Å². The van der Waals surface area contributed by atoms with E-state index in [9.17, 15) is 19.1 Å². The lowest BCUT2D eigenvalue weighted by molar-refractivity contribution is 0.0942. The molecule has 1 fully saturated rings. The molecule has 3 heterocycles. The summed E-state index contributed by atoms with van der Waals surface area (Å²) in [6.07, 6.45) is 0. The third-order valence-corrected chi connectivity index (χ3v) is 5.53. The summed E-state index contributed by atoms with van der Waals surface area (Å²) in [7, 11) is 0. The van der Waals surface area contributed by atoms with Crippen molar-refractivity contribution < 1.29 is 14.3 Å². The molecule has 4 rings (SSSR count). The highest BCUT2D eigenvalue weighted by atomic mass is 32.2. The molecule has 1 aromatic carbocycles. The Morgan fingerprint density at radius 3 is 2.92 bits per heavy atom. The van der Waals surface area contributed by atoms with Gasteiger partial charge in [-0.25, -0.2) is 9.37 Å². The van der Waals surface area contributed by atoms with E-state index >= 15 is 0 Å². The lowest BCUT2D eigenvalue weighted by Crippen LogP contribution is -2.30. The molecule has 2 N–H and O–H groups in total. The van der Waals surface area contributed by atoms with Crippen LogP contribution >= 0.6 is 11.8 Å². The van der Waals surface area contributed by atoms with E-state index in [0.717, 1.165) is 12.3 Å². The van der Waals surface area contributed by atoms with Crippen molar-refractivity contribution in [1.82, 2.24) is 19.8 Å². The molecule has 0 spiro atoms. The van der Waals surface area contributed by atoms with Gasteiger partial charge in [0.05, 0.1) is 6.67 Å². The minimum atomic E-state index is -0.647. The van der Waals surface area contributed by atoms with E-state index in [-0.39, 0.29) is 23.4 Å². The molecule has 2 aromatic rings. The minimum absolute atomic E-state index is 0.0584. The number of nitrogens with zero attached hydrogens (tertiary/aromatic N) is 3. The van der Waals surface area contributed by atoms with Crippen LogP contribution in [0.1, 0.15) is 27.3 Å². The quantitative estimate of drug-likeness (QED) is 0.848. The van der Waals surface area contributed by atoms with Gasteiger partial charge in [0.1, 0.15) is 17.0 Å². The molecular formula is C16H15FN4O3S. The van der Waals surface area contributed by atoms with Crippen LogP contribution in [-0.2, 0) is 13.2 Å². The van der Waals surface area contributed by atoms with Crippen LogP contribution in [0.15, 0.2) is 29.1 Å². The van der Waals surface area contributed by atoms with E-state index in [2.05, 4.69) is 15.2 Å². The molecule has 0 saturated carbocycles. The predicted molar refractivity (Wildman–Crippen MR) is 89.6 cm³/mol. The van der Waals surface area contributed by atoms with E-state index < -0.39 is 17.2 Å². The Morgan fingerprint density at radius 1 is 1.40 bits per heavy atom. The normalized spacial score (nSPS) is 18.8. The molecule has 7 nitrogen and oxygen atoms in total. The van der Waals surface area contributed by atoms with Crippen LogP contribution in [0.25, 0.3) is 0 Å². The number of carbonyl (C=O) groups excluding carboxylic acids is 1. The fraction of sp³-hybridized carbons (Fsp3) is 0.312. The first-order chi connectivity index (χ1) is 12.0. The van der Waals surface area contributed by atoms with Crippen LogP contribution < -0.4 is 10.9 Å². The number of halogens is 1. The van der Waals surface area contributed by atoms with Crippen molar-refractivity contribution in [2.24, 2.45) is 0 Å². The van der Waals surface area contributed by atoms with Gasteiger partial charge in [-0.1, -0.05) is 12.1 Å². The monoisotopic (exact) mass is 362 g/mol. The predicted octanol–water partition coefficient (Wildman–Crippen LogP) is 1.04. The fourth-order valence-corrected chi connectivity index (χ4v) is 4.26. The van der Waals surface area contributed by atoms with Gasteiger partial charge in [0.15, 0.2) is 5.69 Å². The molecule has 1 unspecified atom stereocenters. The summed E-state index contributed by atoms with van der Waals surface area (Å²) in [6, 6.07) is 5.69. The molecule has 1 atom stereocenters. The summed E-state index contributed by atoms with van der Waals surface area (Å²) in [5, 5.41) is 12.6. The summed E-state index contributed by atoms with van der Waals surface area (Å²) < 4.78 is 14.3. The number of fused-ring (bicyclic) bond motifs is 3. The number of carbonyl (C=O) groups is 1. The molecule has 0 bridgehead atoms. The Kier molecular flexibility index (Phi) is 3.97. The van der Waals surface area contributed by atoms with Gasteiger partial charge in [-0.15, -0.1) is 11.8 Å². The van der Waals surface area contributed by atoms with E-state index in [1.54, 1.807) is 23.9 Å². The maximum absolute atomic E-state index is 12.9. The van der Waals surface area contributed by atoms with Gasteiger partial charge in [-0.2, -0.15) is 0 Å². The van der Waals surface area contributed by atoms with Crippen LogP contribution in [0.4, 0.5) is 4.39 Å². The molecular weight excluding hydrogens is 347 g/mol. The first-order valence-corrected chi connectivity index (χ1v) is 8.81. The molecule has 1 aromatic heterocycles. The van der Waals surface area contributed by atoms with E-state index in [4.69, 9.17) is 0 Å². The highest BCUT2D eigenvalue weighted by Crippen LogP contribution is 2.41. The second-order valence-corrected chi connectivity index (χ2v) is 7.07. The summed E-state index contributed by atoms with van der Waals surface area (Å²) in [4.78, 5) is 31.1. The van der Waals surface area contributed by atoms with Gasteiger partial charge in [0, 0.05) is 18.8 Å². The third-order valence-electron chi connectivity index (χ3n) is 4.29. The molecule has 9 heteroatoms. The van der Waals surface area contributed by atoms with Gasteiger partial charge in [0.2, 0.25) is 5.75 Å². The Bertz CT molecular complexity index is 899. The number of hydrogen-bond donors (Lipinski definition) is 2. The van der Waals surface area contributed by atoms with Crippen molar-refractivity contribution in [3.8, 4) is 5.75 Å². The molecule has 130 valence electrons. The first kappa shape index (κ1) is 16.1. The van der Waals surface area contributed by atoms with Crippen LogP contribution in [-0.4, -0.2) is 37.8 Å². The molecule has 1 amide bonds. The zero-order chi connectivity index (χ0) is 17.6. The summed E-state index contributed by atoms with van der Waals surface area (Å²) in [5.41, 5.74) is -0.177. The van der Waals surface area contributed by atoms with Gasteiger partial charge in [-0.05, 0) is 17.7 Å². The number of benzene rings is 1. The molecule has 25 heavy (non-hydrogen) atoms. The van der Waals surface area contributed by atoms with Crippen LogP contribution in [0.2, 0.25) is 0 Å². The lowest BCUT2D eigenvalue weighted by atomic mass is 10.2. The maximum atomic E-state index is 12.9. The van der Waals surface area contributed by atoms with E-state index in [0.29, 0.717) is 18.1 Å². The van der Waals surface area contributed by atoms with Crippen molar-refractivity contribution in [2.45, 2.75) is 18.6 Å². The third kappa shape index (κ3) is 2.79. The zero-order valence-electron chi connectivity index (χ0n) is 13.1. The Balaban J connectivity index is 1.59. The standard InChI is InChI=1S/C16H15FN4O3S/c17-10-3-1-9(2-4-10)7-18-14(23)11-12(22)15(24)21-8-20-5-6-25-16(20)13(21)19-11/h1-4,16,22H,5-8H2,(H,18,23). The molecule has 0 aliphatic carbocycles. The van der Waals surface area contributed by atoms with Crippen molar-refractivity contribution in [2.75, 3.05) is 12.3 Å². The Labute approximate surface area is 146 Å². The second kappa shape index (κ2) is 6.16. The van der Waals surface area contributed by atoms with Crippen molar-refractivity contribution in [3.05, 3.63) is 57.5 Å². The Hall–Kier alpha value is -2.39. The lowest BCUT2D eigenvalue weighted by Gasteiger charge is -2.11. The van der Waals surface area contributed by atoms with Gasteiger partial charge in [-0.3, -0.25) is 19.1 Å². The number of amides is 1. The summed E-state index contributed by atoms with van der Waals surface area (Å²) in [6.45, 7) is 1.36. The highest BCUT2D eigenvalue weighted by Gasteiger charge is 2.38. The molecule has 1 saturated heterocycles. The van der Waals surface area contributed by atoms with Crippen molar-refractivity contribution >= 4 is 17.7 Å². The average Bonchev–Trinajstić information content (AvgIpc) is 3.19. The van der Waals surface area contributed by atoms with Gasteiger partial charge >= 0.3 is 0 Å². The summed E-state index contributed by atoms with van der Waals surface area (Å²) in [5.74, 6) is -0.208. The van der Waals surface area contributed by atoms with E-state index in [1.165, 1.54) is 16.7 Å². The topological polar surface area (TPSA) is 87.5 Å². The number of thioether (sulfide) groups is 1. The minimum Gasteiger partial charge on any atom is -0.501 e. The average molecular weight is 362 g/mol. The SMILES string of the molecule is O=C(NCc1ccc(F)cc1)c1nc2n(c(=O)c1O)CN1CCSC21. The second-order valence-electron chi connectivity index (χ2n) is 5.89. The molecule has 0 radical (unpaired) electrons. The summed E-state index contributed by atoms with van der Waals surface area (Å²) >= 11 is 1.66. The number of aromatic hydroxyl groups is 1. The van der Waals surface area contributed by atoms with Gasteiger partial charge < -0.3 is 10.4 Å². The zero-order valence-corrected chi connectivity index (χ0v) is 13.9. The Morgan fingerprint density at radius 2 is 2.16 bits per heavy atom.